The van der Waals surface area contributed by atoms with Gasteiger partial charge < -0.3 is 19.7 Å². The van der Waals surface area contributed by atoms with Gasteiger partial charge in [0.15, 0.2) is 0 Å². The van der Waals surface area contributed by atoms with Crippen molar-refractivity contribution in [3.8, 4) is 0 Å². The molecule has 2 aliphatic heterocycles. The first-order chi connectivity index (χ1) is 18.1. The molecule has 0 saturated carbocycles. The Bertz CT molecular complexity index is 1300. The van der Waals surface area contributed by atoms with Crippen molar-refractivity contribution in [1.82, 2.24) is 9.21 Å². The molecule has 3 heterocycles. The smallest absolute Gasteiger partial charge is 0.341 e. The molecule has 0 spiro atoms. The highest BCUT2D eigenvalue weighted by atomic mass is 32.2. The van der Waals surface area contributed by atoms with Crippen LogP contribution in [0, 0.1) is 5.92 Å². The van der Waals surface area contributed by atoms with Crippen LogP contribution in [0.2, 0.25) is 0 Å². The molecule has 0 aliphatic carbocycles. The van der Waals surface area contributed by atoms with Crippen LogP contribution in [-0.2, 0) is 37.3 Å². The second-order valence-electron chi connectivity index (χ2n) is 9.33. The van der Waals surface area contributed by atoms with Gasteiger partial charge >= 0.3 is 11.9 Å². The zero-order valence-electron chi connectivity index (χ0n) is 21.8. The van der Waals surface area contributed by atoms with Gasteiger partial charge in [0.05, 0.1) is 29.6 Å². The number of carbonyl (C=O) groups is 3. The quantitative estimate of drug-likeness (QED) is 0.486. The average Bonchev–Trinajstić information content (AvgIpc) is 3.25. The minimum atomic E-state index is -3.77. The summed E-state index contributed by atoms with van der Waals surface area (Å²) in [5, 5.41) is 3.28. The van der Waals surface area contributed by atoms with E-state index in [0.717, 1.165) is 17.0 Å². The fourth-order valence-electron chi connectivity index (χ4n) is 4.73. The van der Waals surface area contributed by atoms with Crippen molar-refractivity contribution < 1.29 is 32.3 Å². The monoisotopic (exact) mass is 563 g/mol. The van der Waals surface area contributed by atoms with Crippen molar-refractivity contribution >= 4 is 44.2 Å². The lowest BCUT2D eigenvalue weighted by Gasteiger charge is -2.30. The third-order valence-electron chi connectivity index (χ3n) is 6.78. The number of nitrogens with one attached hydrogen (secondary N) is 1. The number of hydrogen-bond donors (Lipinski definition) is 1. The fourth-order valence-corrected chi connectivity index (χ4v) is 7.51. The van der Waals surface area contributed by atoms with Crippen LogP contribution in [0.1, 0.15) is 57.8 Å². The molecule has 0 unspecified atom stereocenters. The molecule has 1 fully saturated rings. The molecule has 1 saturated heterocycles. The van der Waals surface area contributed by atoms with Crippen LogP contribution in [0.3, 0.4) is 0 Å². The van der Waals surface area contributed by atoms with Crippen molar-refractivity contribution in [3.63, 3.8) is 0 Å². The number of rotatable bonds is 8. The maximum Gasteiger partial charge on any atom is 0.341 e. The van der Waals surface area contributed by atoms with Crippen LogP contribution in [0.4, 0.5) is 5.00 Å². The second kappa shape index (κ2) is 11.9. The van der Waals surface area contributed by atoms with E-state index in [0.29, 0.717) is 43.0 Å². The molecule has 0 radical (unpaired) electrons. The SMILES string of the molecule is CCOC(=O)c1c(NC(=O)c2ccc(S(=O)(=O)N3CCC(C(=O)OCC)CC3)cc2)sc2c1CCN(C)C2. The second-order valence-corrected chi connectivity index (χ2v) is 12.4. The van der Waals surface area contributed by atoms with Gasteiger partial charge in [0.2, 0.25) is 10.0 Å². The number of amides is 1. The minimum absolute atomic E-state index is 0.0745. The van der Waals surface area contributed by atoms with E-state index in [4.69, 9.17) is 9.47 Å². The highest BCUT2D eigenvalue weighted by molar-refractivity contribution is 7.89. The first-order valence-electron chi connectivity index (χ1n) is 12.7. The summed E-state index contributed by atoms with van der Waals surface area (Å²) in [4.78, 5) is 41.0. The normalized spacial score (nSPS) is 17.0. The Morgan fingerprint density at radius 2 is 1.68 bits per heavy atom. The van der Waals surface area contributed by atoms with E-state index in [1.165, 1.54) is 39.9 Å². The van der Waals surface area contributed by atoms with E-state index < -0.39 is 21.9 Å². The van der Waals surface area contributed by atoms with Gasteiger partial charge in [-0.05, 0) is 70.0 Å². The van der Waals surface area contributed by atoms with E-state index in [2.05, 4.69) is 10.2 Å². The van der Waals surface area contributed by atoms with Gasteiger partial charge in [-0.2, -0.15) is 4.31 Å². The average molecular weight is 564 g/mol. The first-order valence-corrected chi connectivity index (χ1v) is 15.0. The highest BCUT2D eigenvalue weighted by Crippen LogP contribution is 2.37. The van der Waals surface area contributed by atoms with Gasteiger partial charge in [0, 0.05) is 36.6 Å². The number of nitrogens with zero attached hydrogens (tertiary/aromatic N) is 2. The molecule has 38 heavy (non-hydrogen) atoms. The number of anilines is 1. The molecule has 4 rings (SSSR count). The number of piperidine rings is 1. The molecule has 1 aromatic heterocycles. The summed E-state index contributed by atoms with van der Waals surface area (Å²) in [6.07, 6.45) is 1.50. The molecule has 0 atom stereocenters. The molecule has 0 bridgehead atoms. The topological polar surface area (TPSA) is 122 Å². The van der Waals surface area contributed by atoms with Crippen LogP contribution in [0.25, 0.3) is 0 Å². The van der Waals surface area contributed by atoms with Gasteiger partial charge in [-0.1, -0.05) is 0 Å². The summed E-state index contributed by atoms with van der Waals surface area (Å²) in [6, 6.07) is 5.72. The number of likely N-dealkylation sites (N-methyl/N-ethyl adjacent to an activating group) is 1. The molecule has 10 nitrogen and oxygen atoms in total. The Kier molecular flexibility index (Phi) is 8.86. The number of thiophene rings is 1. The predicted octanol–water partition coefficient (Wildman–Crippen LogP) is 3.13. The van der Waals surface area contributed by atoms with Crippen LogP contribution >= 0.6 is 11.3 Å². The lowest BCUT2D eigenvalue weighted by Crippen LogP contribution is -2.40. The standard InChI is InChI=1S/C26H33N3O7S2/c1-4-35-25(31)18-10-14-29(15-11-18)38(33,34)19-8-6-17(7-9-19)23(30)27-24-22(26(32)36-5-2)20-12-13-28(3)16-21(20)37-24/h6-9,18H,4-5,10-16H2,1-3H3,(H,27,30). The Balaban J connectivity index is 1.47. The van der Waals surface area contributed by atoms with Gasteiger partial charge in [-0.3, -0.25) is 9.59 Å². The van der Waals surface area contributed by atoms with Crippen molar-refractivity contribution in [3.05, 3.63) is 45.8 Å². The van der Waals surface area contributed by atoms with Gasteiger partial charge in [0.1, 0.15) is 5.00 Å². The van der Waals surface area contributed by atoms with Gasteiger partial charge in [-0.25, -0.2) is 13.2 Å². The van der Waals surface area contributed by atoms with Gasteiger partial charge in [0.25, 0.3) is 5.91 Å². The van der Waals surface area contributed by atoms with Crippen molar-refractivity contribution in [2.24, 2.45) is 5.92 Å². The number of sulfonamides is 1. The van der Waals surface area contributed by atoms with Crippen LogP contribution in [-0.4, -0.2) is 75.4 Å². The molecule has 1 aromatic carbocycles. The summed E-state index contributed by atoms with van der Waals surface area (Å²) in [6.45, 7) is 5.95. The van der Waals surface area contributed by atoms with Crippen LogP contribution in [0.5, 0.6) is 0 Å². The summed E-state index contributed by atoms with van der Waals surface area (Å²) in [7, 11) is -1.77. The minimum Gasteiger partial charge on any atom is -0.466 e. The first kappa shape index (κ1) is 28.2. The van der Waals surface area contributed by atoms with E-state index in [9.17, 15) is 22.8 Å². The molecule has 206 valence electrons. The maximum absolute atomic E-state index is 13.1. The Hall–Kier alpha value is -2.80. The number of carbonyl (C=O) groups excluding carboxylic acids is 3. The van der Waals surface area contributed by atoms with E-state index in [-0.39, 0.29) is 42.0 Å². The van der Waals surface area contributed by atoms with Crippen molar-refractivity contribution in [2.75, 3.05) is 45.2 Å². The van der Waals surface area contributed by atoms with Crippen molar-refractivity contribution in [1.29, 1.82) is 0 Å². The third-order valence-corrected chi connectivity index (χ3v) is 9.83. The summed E-state index contributed by atoms with van der Waals surface area (Å²) in [5.41, 5.74) is 1.58. The molecular weight excluding hydrogens is 530 g/mol. The van der Waals surface area contributed by atoms with Gasteiger partial charge in [-0.15, -0.1) is 11.3 Å². The highest BCUT2D eigenvalue weighted by Gasteiger charge is 2.33. The third kappa shape index (κ3) is 5.93. The van der Waals surface area contributed by atoms with Crippen LogP contribution in [0.15, 0.2) is 29.2 Å². The molecule has 1 amide bonds. The Morgan fingerprint density at radius 3 is 2.32 bits per heavy atom. The summed E-state index contributed by atoms with van der Waals surface area (Å²) >= 11 is 1.36. The fraction of sp³-hybridized carbons (Fsp3) is 0.500. The Morgan fingerprint density at radius 1 is 1.03 bits per heavy atom. The zero-order valence-corrected chi connectivity index (χ0v) is 23.5. The predicted molar refractivity (Wildman–Crippen MR) is 143 cm³/mol. The lowest BCUT2D eigenvalue weighted by molar-refractivity contribution is -0.149. The molecule has 2 aliphatic rings. The number of fused-ring (bicyclic) bond motifs is 1. The number of benzene rings is 1. The molecule has 2 aromatic rings. The number of esters is 2. The lowest BCUT2D eigenvalue weighted by atomic mass is 9.98. The summed E-state index contributed by atoms with van der Waals surface area (Å²) < 4.78 is 37.9. The number of ether oxygens (including phenoxy) is 2. The van der Waals surface area contributed by atoms with Crippen LogP contribution < -0.4 is 5.32 Å². The largest absolute Gasteiger partial charge is 0.466 e. The van der Waals surface area contributed by atoms with E-state index in [1.807, 2.05) is 7.05 Å². The molecule has 12 heteroatoms. The Labute approximate surface area is 226 Å². The van der Waals surface area contributed by atoms with E-state index in [1.54, 1.807) is 13.8 Å². The maximum atomic E-state index is 13.1. The van der Waals surface area contributed by atoms with E-state index >= 15 is 0 Å². The van der Waals surface area contributed by atoms with Crippen molar-refractivity contribution in [2.45, 2.75) is 44.6 Å². The molecular formula is C26H33N3O7S2. The summed E-state index contributed by atoms with van der Waals surface area (Å²) in [5.74, 6) is -1.49. The zero-order chi connectivity index (χ0) is 27.4. The number of hydrogen-bond acceptors (Lipinski definition) is 9. The molecule has 1 N–H and O–H groups in total.